The molecule has 0 heterocycles. The Morgan fingerprint density at radius 3 is 2.68 bits per heavy atom. The van der Waals surface area contributed by atoms with Gasteiger partial charge in [-0.2, -0.15) is 18.3 Å². The standard InChI is InChI=1S/C17H14ClF3N2O2/c1-11-8-13(6-7-15(11)18)25-10-16(24)23-22-9-12-4-2-3-5-14(12)17(19,20)21/h2-9H,10H2,1H3,(H,23,24)/b22-9+. The van der Waals surface area contributed by atoms with E-state index in [1.165, 1.54) is 18.2 Å². The van der Waals surface area contributed by atoms with Crippen molar-refractivity contribution in [1.82, 2.24) is 5.43 Å². The monoisotopic (exact) mass is 370 g/mol. The third-order valence-electron chi connectivity index (χ3n) is 3.16. The first kappa shape index (κ1) is 18.8. The molecule has 1 N–H and O–H groups in total. The molecule has 4 nitrogen and oxygen atoms in total. The maximum absolute atomic E-state index is 12.8. The first-order chi connectivity index (χ1) is 11.8. The highest BCUT2D eigenvalue weighted by atomic mass is 35.5. The molecular formula is C17H14ClF3N2O2. The van der Waals surface area contributed by atoms with Gasteiger partial charge in [-0.3, -0.25) is 4.79 Å². The van der Waals surface area contributed by atoms with Crippen LogP contribution in [0.4, 0.5) is 13.2 Å². The molecule has 8 heteroatoms. The van der Waals surface area contributed by atoms with Crippen LogP contribution in [0.1, 0.15) is 16.7 Å². The van der Waals surface area contributed by atoms with Gasteiger partial charge in [-0.15, -0.1) is 0 Å². The molecule has 0 unspecified atom stereocenters. The summed E-state index contributed by atoms with van der Waals surface area (Å²) in [6, 6.07) is 9.83. The molecule has 0 saturated heterocycles. The van der Waals surface area contributed by atoms with E-state index in [1.54, 1.807) is 25.1 Å². The Morgan fingerprint density at radius 1 is 1.28 bits per heavy atom. The number of nitrogens with zero attached hydrogens (tertiary/aromatic N) is 1. The molecule has 25 heavy (non-hydrogen) atoms. The molecule has 0 fully saturated rings. The number of hydrogen-bond donors (Lipinski definition) is 1. The minimum Gasteiger partial charge on any atom is -0.484 e. The molecule has 2 aromatic rings. The molecule has 2 aromatic carbocycles. The van der Waals surface area contributed by atoms with Gasteiger partial charge in [0.05, 0.1) is 11.8 Å². The molecule has 0 radical (unpaired) electrons. The van der Waals surface area contributed by atoms with Gasteiger partial charge in [-0.05, 0) is 36.8 Å². The fourth-order valence-corrected chi connectivity index (χ4v) is 2.05. The number of ether oxygens (including phenoxy) is 1. The number of benzene rings is 2. The molecule has 0 spiro atoms. The van der Waals surface area contributed by atoms with E-state index in [-0.39, 0.29) is 12.2 Å². The maximum atomic E-state index is 12.8. The lowest BCUT2D eigenvalue weighted by atomic mass is 10.1. The van der Waals surface area contributed by atoms with E-state index in [1.807, 2.05) is 0 Å². The van der Waals surface area contributed by atoms with Crippen LogP contribution in [0, 0.1) is 6.92 Å². The lowest BCUT2D eigenvalue weighted by molar-refractivity contribution is -0.137. The number of nitrogens with one attached hydrogen (secondary N) is 1. The summed E-state index contributed by atoms with van der Waals surface area (Å²) in [6.07, 6.45) is -3.56. The molecule has 0 aliphatic carbocycles. The van der Waals surface area contributed by atoms with Crippen LogP contribution in [0.5, 0.6) is 5.75 Å². The third kappa shape index (κ3) is 5.49. The van der Waals surface area contributed by atoms with Gasteiger partial charge < -0.3 is 4.74 Å². The number of amides is 1. The van der Waals surface area contributed by atoms with Crippen molar-refractivity contribution in [3.8, 4) is 5.75 Å². The normalized spacial score (nSPS) is 11.6. The van der Waals surface area contributed by atoms with E-state index in [0.717, 1.165) is 17.8 Å². The van der Waals surface area contributed by atoms with Crippen LogP contribution >= 0.6 is 11.6 Å². The molecule has 132 valence electrons. The molecule has 0 saturated carbocycles. The Labute approximate surface area is 147 Å². The molecule has 0 bridgehead atoms. The van der Waals surface area contributed by atoms with Gasteiger partial charge in [-0.25, -0.2) is 5.43 Å². The zero-order valence-corrected chi connectivity index (χ0v) is 13.9. The predicted molar refractivity (Wildman–Crippen MR) is 88.9 cm³/mol. The summed E-state index contributed by atoms with van der Waals surface area (Å²) in [5.41, 5.74) is 1.93. The van der Waals surface area contributed by atoms with Gasteiger partial charge in [0, 0.05) is 10.6 Å². The predicted octanol–water partition coefficient (Wildman–Crippen LogP) is 4.20. The maximum Gasteiger partial charge on any atom is 0.417 e. The van der Waals surface area contributed by atoms with Crippen LogP contribution in [-0.4, -0.2) is 18.7 Å². The van der Waals surface area contributed by atoms with Gasteiger partial charge in [0.2, 0.25) is 0 Å². The highest BCUT2D eigenvalue weighted by Gasteiger charge is 2.32. The molecule has 1 amide bonds. The topological polar surface area (TPSA) is 50.7 Å². The van der Waals surface area contributed by atoms with Crippen LogP contribution in [-0.2, 0) is 11.0 Å². The molecular weight excluding hydrogens is 357 g/mol. The van der Waals surface area contributed by atoms with Crippen molar-refractivity contribution in [3.63, 3.8) is 0 Å². The van der Waals surface area contributed by atoms with E-state index in [9.17, 15) is 18.0 Å². The third-order valence-corrected chi connectivity index (χ3v) is 3.58. The van der Waals surface area contributed by atoms with Crippen molar-refractivity contribution in [2.45, 2.75) is 13.1 Å². The minimum atomic E-state index is -4.50. The number of aryl methyl sites for hydroxylation is 1. The van der Waals surface area contributed by atoms with Gasteiger partial charge in [0.25, 0.3) is 5.91 Å². The van der Waals surface area contributed by atoms with Crippen LogP contribution < -0.4 is 10.2 Å². The van der Waals surface area contributed by atoms with Gasteiger partial charge in [0.1, 0.15) is 5.75 Å². The Kier molecular flexibility index (Phi) is 6.03. The Balaban J connectivity index is 1.92. The number of halogens is 4. The summed E-state index contributed by atoms with van der Waals surface area (Å²) in [4.78, 5) is 11.6. The Bertz CT molecular complexity index is 792. The fourth-order valence-electron chi connectivity index (χ4n) is 1.93. The van der Waals surface area contributed by atoms with Crippen LogP contribution in [0.3, 0.4) is 0 Å². The van der Waals surface area contributed by atoms with Crippen molar-refractivity contribution in [2.24, 2.45) is 5.10 Å². The highest BCUT2D eigenvalue weighted by molar-refractivity contribution is 6.31. The van der Waals surface area contributed by atoms with E-state index in [4.69, 9.17) is 16.3 Å². The molecule has 0 aromatic heterocycles. The van der Waals surface area contributed by atoms with Gasteiger partial charge in [-0.1, -0.05) is 29.8 Å². The Hall–Kier alpha value is -2.54. The zero-order valence-electron chi connectivity index (χ0n) is 13.1. The van der Waals surface area contributed by atoms with Gasteiger partial charge >= 0.3 is 6.18 Å². The van der Waals surface area contributed by atoms with Crippen molar-refractivity contribution in [2.75, 3.05) is 6.61 Å². The largest absolute Gasteiger partial charge is 0.484 e. The summed E-state index contributed by atoms with van der Waals surface area (Å²) in [5.74, 6) is -0.156. The molecule has 2 rings (SSSR count). The highest BCUT2D eigenvalue weighted by Crippen LogP contribution is 2.31. The second kappa shape index (κ2) is 8.02. The van der Waals surface area contributed by atoms with Crippen molar-refractivity contribution < 1.29 is 22.7 Å². The second-order valence-electron chi connectivity index (χ2n) is 5.08. The van der Waals surface area contributed by atoms with E-state index >= 15 is 0 Å². The van der Waals surface area contributed by atoms with E-state index < -0.39 is 17.6 Å². The molecule has 0 aliphatic rings. The van der Waals surface area contributed by atoms with E-state index in [0.29, 0.717) is 10.8 Å². The van der Waals surface area contributed by atoms with Crippen molar-refractivity contribution >= 4 is 23.7 Å². The number of hydrazone groups is 1. The first-order valence-corrected chi connectivity index (χ1v) is 7.52. The van der Waals surface area contributed by atoms with Crippen molar-refractivity contribution in [3.05, 3.63) is 64.2 Å². The summed E-state index contributed by atoms with van der Waals surface area (Å²) in [7, 11) is 0. The van der Waals surface area contributed by atoms with Gasteiger partial charge in [0.15, 0.2) is 6.61 Å². The molecule has 0 atom stereocenters. The summed E-state index contributed by atoms with van der Waals surface area (Å²) >= 11 is 5.88. The number of carbonyl (C=O) groups is 1. The zero-order chi connectivity index (χ0) is 18.4. The van der Waals surface area contributed by atoms with Crippen LogP contribution in [0.2, 0.25) is 5.02 Å². The summed E-state index contributed by atoms with van der Waals surface area (Å²) in [6.45, 7) is 1.46. The average molecular weight is 371 g/mol. The van der Waals surface area contributed by atoms with Crippen molar-refractivity contribution in [1.29, 1.82) is 0 Å². The SMILES string of the molecule is Cc1cc(OCC(=O)N/N=C/c2ccccc2C(F)(F)F)ccc1Cl. The Morgan fingerprint density at radius 2 is 2.00 bits per heavy atom. The first-order valence-electron chi connectivity index (χ1n) is 7.14. The smallest absolute Gasteiger partial charge is 0.417 e. The lowest BCUT2D eigenvalue weighted by Gasteiger charge is -2.09. The number of alkyl halides is 3. The quantitative estimate of drug-likeness (QED) is 0.633. The van der Waals surface area contributed by atoms with E-state index in [2.05, 4.69) is 10.5 Å². The van der Waals surface area contributed by atoms with Crippen LogP contribution in [0.25, 0.3) is 0 Å². The lowest BCUT2D eigenvalue weighted by Crippen LogP contribution is -2.24. The number of carbonyl (C=O) groups excluding carboxylic acids is 1. The fraction of sp³-hybridized carbons (Fsp3) is 0.176. The summed E-state index contributed by atoms with van der Waals surface area (Å²) < 4.78 is 43.7. The summed E-state index contributed by atoms with van der Waals surface area (Å²) in [5, 5.41) is 4.11. The average Bonchev–Trinajstić information content (AvgIpc) is 2.55. The molecule has 0 aliphatic heterocycles. The minimum absolute atomic E-state index is 0.149. The second-order valence-corrected chi connectivity index (χ2v) is 5.49. The number of rotatable bonds is 5. The van der Waals surface area contributed by atoms with Crippen LogP contribution in [0.15, 0.2) is 47.6 Å². The number of hydrogen-bond acceptors (Lipinski definition) is 3.